The van der Waals surface area contributed by atoms with E-state index in [2.05, 4.69) is 17.7 Å². The number of quaternary nitrogens is 1. The largest absolute Gasteiger partial charge is 0.463 e. The fourth-order valence-electron chi connectivity index (χ4n) is 4.26. The van der Waals surface area contributed by atoms with Crippen molar-refractivity contribution < 1.29 is 24.1 Å². The first kappa shape index (κ1) is 20.2. The number of nitrogens with one attached hydrogen (secondary N) is 2. The third-order valence-electron chi connectivity index (χ3n) is 6.07. The van der Waals surface area contributed by atoms with Gasteiger partial charge in [-0.2, -0.15) is 5.01 Å². The highest BCUT2D eigenvalue weighted by atomic mass is 16.3. The second kappa shape index (κ2) is 8.31. The van der Waals surface area contributed by atoms with Crippen molar-refractivity contribution in [3.05, 3.63) is 60.1 Å². The molecule has 0 unspecified atom stereocenters. The molecule has 2 aromatic rings. The molecule has 4 amide bonds. The lowest BCUT2D eigenvalue weighted by molar-refractivity contribution is -0.678. The molecule has 1 aromatic carbocycles. The van der Waals surface area contributed by atoms with Crippen molar-refractivity contribution >= 4 is 17.8 Å². The highest BCUT2D eigenvalue weighted by Crippen LogP contribution is 2.35. The van der Waals surface area contributed by atoms with Crippen LogP contribution in [0.15, 0.2) is 53.1 Å². The van der Waals surface area contributed by atoms with Crippen LogP contribution < -0.4 is 16.1 Å². The van der Waals surface area contributed by atoms with Gasteiger partial charge in [-0.15, -0.1) is 0 Å². The van der Waals surface area contributed by atoms with Crippen molar-refractivity contribution in [3.63, 3.8) is 0 Å². The van der Waals surface area contributed by atoms with E-state index in [4.69, 9.17) is 4.42 Å². The Bertz CT molecular complexity index is 904. The van der Waals surface area contributed by atoms with Crippen LogP contribution in [0.1, 0.15) is 50.0 Å². The molecule has 1 atom stereocenters. The summed E-state index contributed by atoms with van der Waals surface area (Å²) in [5.74, 6) is 0.472. The molecule has 4 rings (SSSR count). The Balaban J connectivity index is 1.39. The molecule has 1 saturated carbocycles. The topological polar surface area (TPSA) is 108 Å². The highest BCUT2D eigenvalue weighted by Gasteiger charge is 2.53. The van der Waals surface area contributed by atoms with E-state index in [1.165, 1.54) is 0 Å². The Morgan fingerprint density at radius 2 is 1.97 bits per heavy atom. The fourth-order valence-corrected chi connectivity index (χ4v) is 4.26. The van der Waals surface area contributed by atoms with Gasteiger partial charge in [0.1, 0.15) is 5.54 Å². The lowest BCUT2D eigenvalue weighted by Crippen LogP contribution is -2.88. The molecule has 1 saturated heterocycles. The Morgan fingerprint density at radius 3 is 2.63 bits per heavy atom. The van der Waals surface area contributed by atoms with Crippen molar-refractivity contribution in [1.82, 2.24) is 15.8 Å². The quantitative estimate of drug-likeness (QED) is 0.626. The number of carbonyl (C=O) groups excluding carboxylic acids is 3. The summed E-state index contributed by atoms with van der Waals surface area (Å²) in [6, 6.07) is 12.6. The molecule has 30 heavy (non-hydrogen) atoms. The SMILES string of the molecule is CC1CCC2(CC1)NC(=O)N(NC(=O)C[NH2+][C@H](c1ccccc1)c1ccco1)C2=O. The van der Waals surface area contributed by atoms with Crippen LogP contribution in [0, 0.1) is 5.92 Å². The summed E-state index contributed by atoms with van der Waals surface area (Å²) in [5, 5.41) is 5.47. The van der Waals surface area contributed by atoms with Gasteiger partial charge in [0.15, 0.2) is 18.3 Å². The first-order valence-corrected chi connectivity index (χ1v) is 10.4. The lowest BCUT2D eigenvalue weighted by atomic mass is 9.77. The highest BCUT2D eigenvalue weighted by molar-refractivity contribution is 6.08. The molecule has 1 aliphatic carbocycles. The predicted octanol–water partition coefficient (Wildman–Crippen LogP) is 1.46. The van der Waals surface area contributed by atoms with Crippen LogP contribution in [0.25, 0.3) is 0 Å². The summed E-state index contributed by atoms with van der Waals surface area (Å²) in [5.41, 5.74) is 2.60. The van der Waals surface area contributed by atoms with Crippen LogP contribution in [-0.4, -0.2) is 34.9 Å². The average molecular weight is 411 g/mol. The van der Waals surface area contributed by atoms with Crippen molar-refractivity contribution in [3.8, 4) is 0 Å². The van der Waals surface area contributed by atoms with Crippen molar-refractivity contribution in [2.75, 3.05) is 6.54 Å². The van der Waals surface area contributed by atoms with E-state index in [0.717, 1.165) is 29.2 Å². The van der Waals surface area contributed by atoms with Gasteiger partial charge in [-0.05, 0) is 43.7 Å². The summed E-state index contributed by atoms with van der Waals surface area (Å²) >= 11 is 0. The standard InChI is InChI=1S/C22H26N4O4/c1-15-9-11-22(12-10-15)20(28)26(21(29)24-22)25-18(27)14-23-19(17-8-5-13-30-17)16-6-3-2-4-7-16/h2-8,13,15,19,23H,9-12,14H2,1H3,(H,24,29)(H,25,27)/p+1/t15?,19-,22?/m1/s1. The fraction of sp³-hybridized carbons (Fsp3) is 0.409. The van der Waals surface area contributed by atoms with E-state index < -0.39 is 17.5 Å². The number of urea groups is 1. The molecule has 8 heteroatoms. The number of nitrogens with two attached hydrogens (primary N) is 1. The summed E-state index contributed by atoms with van der Waals surface area (Å²) < 4.78 is 5.54. The molecular formula is C22H27N4O4+. The van der Waals surface area contributed by atoms with Gasteiger partial charge in [0, 0.05) is 5.56 Å². The predicted molar refractivity (Wildman–Crippen MR) is 108 cm³/mol. The number of nitrogens with zero attached hydrogens (tertiary/aromatic N) is 1. The molecule has 8 nitrogen and oxygen atoms in total. The zero-order chi connectivity index (χ0) is 21.1. The number of hydrazine groups is 1. The van der Waals surface area contributed by atoms with Crippen LogP contribution in [0.5, 0.6) is 0 Å². The van der Waals surface area contributed by atoms with Crippen molar-refractivity contribution in [1.29, 1.82) is 0 Å². The monoisotopic (exact) mass is 411 g/mol. The molecule has 2 fully saturated rings. The van der Waals surface area contributed by atoms with Crippen LogP contribution >= 0.6 is 0 Å². The molecular weight excluding hydrogens is 384 g/mol. The lowest BCUT2D eigenvalue weighted by Gasteiger charge is -2.33. The average Bonchev–Trinajstić information content (AvgIpc) is 3.35. The van der Waals surface area contributed by atoms with E-state index in [0.29, 0.717) is 18.8 Å². The van der Waals surface area contributed by atoms with Crippen LogP contribution in [0.4, 0.5) is 4.79 Å². The van der Waals surface area contributed by atoms with Gasteiger partial charge in [0.2, 0.25) is 0 Å². The summed E-state index contributed by atoms with van der Waals surface area (Å²) in [4.78, 5) is 37.8. The van der Waals surface area contributed by atoms with Gasteiger partial charge in [-0.25, -0.2) is 4.79 Å². The number of furan rings is 1. The zero-order valence-corrected chi connectivity index (χ0v) is 17.0. The maximum Gasteiger partial charge on any atom is 0.344 e. The molecule has 1 spiro atoms. The Kier molecular flexibility index (Phi) is 5.59. The first-order valence-electron chi connectivity index (χ1n) is 10.4. The Hall–Kier alpha value is -3.13. The number of hydrogen-bond acceptors (Lipinski definition) is 4. The van der Waals surface area contributed by atoms with E-state index in [1.54, 1.807) is 12.3 Å². The molecule has 2 aliphatic rings. The van der Waals surface area contributed by atoms with Crippen molar-refractivity contribution in [2.24, 2.45) is 5.92 Å². The molecule has 0 bridgehead atoms. The Labute approximate surface area is 175 Å². The van der Waals surface area contributed by atoms with Crippen LogP contribution in [0.2, 0.25) is 0 Å². The zero-order valence-electron chi connectivity index (χ0n) is 17.0. The third-order valence-corrected chi connectivity index (χ3v) is 6.07. The number of carbonyl (C=O) groups is 3. The molecule has 2 heterocycles. The van der Waals surface area contributed by atoms with Crippen LogP contribution in [0.3, 0.4) is 0 Å². The van der Waals surface area contributed by atoms with E-state index >= 15 is 0 Å². The number of rotatable bonds is 6. The van der Waals surface area contributed by atoms with Crippen LogP contribution in [-0.2, 0) is 9.59 Å². The van der Waals surface area contributed by atoms with Crippen molar-refractivity contribution in [2.45, 2.75) is 44.2 Å². The van der Waals surface area contributed by atoms with Gasteiger partial charge in [-0.1, -0.05) is 37.3 Å². The molecule has 158 valence electrons. The van der Waals surface area contributed by atoms with Gasteiger partial charge >= 0.3 is 6.03 Å². The third kappa shape index (κ3) is 3.95. The van der Waals surface area contributed by atoms with E-state index in [9.17, 15) is 14.4 Å². The molecule has 4 N–H and O–H groups in total. The normalized spacial score (nSPS) is 24.7. The van der Waals surface area contributed by atoms with Gasteiger partial charge < -0.3 is 15.1 Å². The number of hydrogen-bond donors (Lipinski definition) is 3. The molecule has 0 radical (unpaired) electrons. The minimum absolute atomic E-state index is 0.0291. The molecule has 1 aromatic heterocycles. The number of imide groups is 1. The minimum atomic E-state index is -0.874. The van der Waals surface area contributed by atoms with E-state index in [-0.39, 0.29) is 18.5 Å². The number of amides is 4. The Morgan fingerprint density at radius 1 is 1.23 bits per heavy atom. The summed E-state index contributed by atoms with van der Waals surface area (Å²) in [6.07, 6.45) is 4.56. The second-order valence-corrected chi connectivity index (χ2v) is 8.21. The second-order valence-electron chi connectivity index (χ2n) is 8.21. The van der Waals surface area contributed by atoms with Gasteiger partial charge in [0.25, 0.3) is 11.8 Å². The van der Waals surface area contributed by atoms with Gasteiger partial charge in [-0.3, -0.25) is 15.0 Å². The maximum atomic E-state index is 12.9. The minimum Gasteiger partial charge on any atom is -0.463 e. The maximum absolute atomic E-state index is 12.9. The summed E-state index contributed by atoms with van der Waals surface area (Å²) in [7, 11) is 0. The summed E-state index contributed by atoms with van der Waals surface area (Å²) in [6.45, 7) is 2.17. The van der Waals surface area contributed by atoms with Gasteiger partial charge in [0.05, 0.1) is 6.26 Å². The number of benzene rings is 1. The smallest absolute Gasteiger partial charge is 0.344 e. The molecule has 1 aliphatic heterocycles. The first-order chi connectivity index (χ1) is 14.5. The van der Waals surface area contributed by atoms with E-state index in [1.807, 2.05) is 41.7 Å².